The van der Waals surface area contributed by atoms with E-state index >= 15 is 0 Å². The fourth-order valence-electron chi connectivity index (χ4n) is 1.78. The van der Waals surface area contributed by atoms with E-state index in [0.717, 1.165) is 13.0 Å². The van der Waals surface area contributed by atoms with Gasteiger partial charge in [0.15, 0.2) is 0 Å². The first kappa shape index (κ1) is 10.8. The first-order valence-corrected chi connectivity index (χ1v) is 4.47. The zero-order valence-corrected chi connectivity index (χ0v) is 7.96. The van der Waals surface area contributed by atoms with Crippen molar-refractivity contribution in [2.24, 2.45) is 5.92 Å². The minimum absolute atomic E-state index is 0.153. The number of ether oxygens (including phenoxy) is 1. The van der Waals surface area contributed by atoms with Gasteiger partial charge in [-0.3, -0.25) is 5.43 Å². The Kier molecular flexibility index (Phi) is 4.02. The van der Waals surface area contributed by atoms with Gasteiger partial charge in [-0.15, -0.1) is 0 Å². The molecular formula is C8H16F2N2O. The van der Waals surface area contributed by atoms with E-state index in [1.54, 1.807) is 0 Å². The molecule has 1 unspecified atom stereocenters. The maximum atomic E-state index is 11.7. The molecule has 1 aliphatic heterocycles. The average Bonchev–Trinajstić information content (AvgIpc) is 2.43. The molecule has 0 radical (unpaired) electrons. The third-order valence-corrected chi connectivity index (χ3v) is 2.41. The molecule has 2 atom stereocenters. The highest BCUT2D eigenvalue weighted by atomic mass is 19.3. The molecule has 1 aliphatic rings. The van der Waals surface area contributed by atoms with Gasteiger partial charge in [-0.25, -0.2) is 5.01 Å². The van der Waals surface area contributed by atoms with Crippen molar-refractivity contribution in [2.45, 2.75) is 26.0 Å². The summed E-state index contributed by atoms with van der Waals surface area (Å²) in [6.07, 6.45) is 0.910. The lowest BCUT2D eigenvalue weighted by Crippen LogP contribution is -2.37. The second kappa shape index (κ2) is 4.83. The average molecular weight is 194 g/mol. The third kappa shape index (κ3) is 3.17. The molecule has 0 aliphatic carbocycles. The lowest BCUT2D eigenvalue weighted by atomic mass is 10.1. The molecule has 1 fully saturated rings. The monoisotopic (exact) mass is 194 g/mol. The minimum atomic E-state index is -2.64. The van der Waals surface area contributed by atoms with E-state index in [9.17, 15) is 8.78 Å². The fourth-order valence-corrected chi connectivity index (χ4v) is 1.78. The van der Waals surface area contributed by atoms with E-state index in [2.05, 4.69) is 17.1 Å². The molecule has 5 heteroatoms. The van der Waals surface area contributed by atoms with Gasteiger partial charge < -0.3 is 4.74 Å². The SMILES string of the molecule is CNN1CC(COC(F)F)C[C@H]1C. The smallest absolute Gasteiger partial charge is 0.323 e. The molecule has 78 valence electrons. The maximum Gasteiger partial charge on any atom is 0.345 e. The van der Waals surface area contributed by atoms with Crippen molar-refractivity contribution in [3.8, 4) is 0 Å². The summed E-state index contributed by atoms with van der Waals surface area (Å²) in [4.78, 5) is 0. The third-order valence-electron chi connectivity index (χ3n) is 2.41. The number of nitrogens with zero attached hydrogens (tertiary/aromatic N) is 1. The van der Waals surface area contributed by atoms with Gasteiger partial charge in [0.2, 0.25) is 0 Å². The van der Waals surface area contributed by atoms with E-state index < -0.39 is 6.61 Å². The van der Waals surface area contributed by atoms with Crippen LogP contribution < -0.4 is 5.43 Å². The van der Waals surface area contributed by atoms with Gasteiger partial charge in [-0.2, -0.15) is 8.78 Å². The molecular weight excluding hydrogens is 178 g/mol. The van der Waals surface area contributed by atoms with Gasteiger partial charge in [0.1, 0.15) is 0 Å². The van der Waals surface area contributed by atoms with Crippen molar-refractivity contribution < 1.29 is 13.5 Å². The van der Waals surface area contributed by atoms with Crippen LogP contribution in [0.5, 0.6) is 0 Å². The Morgan fingerprint density at radius 3 is 2.77 bits per heavy atom. The van der Waals surface area contributed by atoms with Crippen molar-refractivity contribution in [3.05, 3.63) is 0 Å². The summed E-state index contributed by atoms with van der Waals surface area (Å²) >= 11 is 0. The Balaban J connectivity index is 2.23. The summed E-state index contributed by atoms with van der Waals surface area (Å²) in [6, 6.07) is 0.399. The largest absolute Gasteiger partial charge is 0.345 e. The van der Waals surface area contributed by atoms with E-state index in [1.807, 2.05) is 12.1 Å². The molecule has 0 saturated carbocycles. The molecule has 0 amide bonds. The highest BCUT2D eigenvalue weighted by molar-refractivity contribution is 4.79. The van der Waals surface area contributed by atoms with Crippen LogP contribution in [0.2, 0.25) is 0 Å². The van der Waals surface area contributed by atoms with Crippen molar-refractivity contribution in [2.75, 3.05) is 20.2 Å². The van der Waals surface area contributed by atoms with Crippen LogP contribution in [0.15, 0.2) is 0 Å². The second-order valence-electron chi connectivity index (χ2n) is 3.42. The Morgan fingerprint density at radius 1 is 1.62 bits per heavy atom. The zero-order valence-electron chi connectivity index (χ0n) is 7.96. The second-order valence-corrected chi connectivity index (χ2v) is 3.42. The Hall–Kier alpha value is -0.260. The lowest BCUT2D eigenvalue weighted by Gasteiger charge is -2.18. The van der Waals surface area contributed by atoms with Crippen molar-refractivity contribution in [3.63, 3.8) is 0 Å². The van der Waals surface area contributed by atoms with Gasteiger partial charge in [-0.1, -0.05) is 0 Å². The van der Waals surface area contributed by atoms with Crippen LogP contribution >= 0.6 is 0 Å². The molecule has 1 rings (SSSR count). The summed E-state index contributed by atoms with van der Waals surface area (Å²) in [6.45, 7) is 0.364. The summed E-state index contributed by atoms with van der Waals surface area (Å²) < 4.78 is 27.7. The molecule has 13 heavy (non-hydrogen) atoms. The van der Waals surface area contributed by atoms with Gasteiger partial charge >= 0.3 is 6.61 Å². The molecule has 0 bridgehead atoms. The van der Waals surface area contributed by atoms with Crippen LogP contribution in [0.25, 0.3) is 0 Å². The standard InChI is InChI=1S/C8H16F2N2O/c1-6-3-7(4-12(6)11-2)5-13-8(9)10/h6-8,11H,3-5H2,1-2H3/t6-,7?/m1/s1. The normalized spacial score (nSPS) is 30.2. The Labute approximate surface area is 77.0 Å². The molecule has 1 saturated heterocycles. The number of halogens is 2. The fraction of sp³-hybridized carbons (Fsp3) is 1.00. The van der Waals surface area contributed by atoms with Crippen molar-refractivity contribution in [1.82, 2.24) is 10.4 Å². The molecule has 0 aromatic heterocycles. The highest BCUT2D eigenvalue weighted by Gasteiger charge is 2.28. The van der Waals surface area contributed by atoms with Gasteiger partial charge in [0.05, 0.1) is 6.61 Å². The van der Waals surface area contributed by atoms with Gasteiger partial charge in [0, 0.05) is 12.6 Å². The van der Waals surface area contributed by atoms with Crippen LogP contribution in [0, 0.1) is 5.92 Å². The van der Waals surface area contributed by atoms with E-state index in [0.29, 0.717) is 6.04 Å². The summed E-state index contributed by atoms with van der Waals surface area (Å²) in [5.74, 6) is 0.219. The topological polar surface area (TPSA) is 24.5 Å². The number of nitrogens with one attached hydrogen (secondary N) is 1. The number of hydrogen-bond donors (Lipinski definition) is 1. The molecule has 1 N–H and O–H groups in total. The Morgan fingerprint density at radius 2 is 2.31 bits per heavy atom. The Bertz CT molecular complexity index is 157. The van der Waals surface area contributed by atoms with Gasteiger partial charge in [-0.05, 0) is 26.3 Å². The summed E-state index contributed by atoms with van der Waals surface area (Å²) in [7, 11) is 1.84. The van der Waals surface area contributed by atoms with E-state index in [1.165, 1.54) is 0 Å². The van der Waals surface area contributed by atoms with Crippen molar-refractivity contribution >= 4 is 0 Å². The molecule has 0 aromatic carbocycles. The number of hydrazine groups is 1. The van der Waals surface area contributed by atoms with E-state index in [-0.39, 0.29) is 12.5 Å². The summed E-state index contributed by atoms with van der Waals surface area (Å²) in [5.41, 5.74) is 3.02. The first-order chi connectivity index (χ1) is 6.13. The summed E-state index contributed by atoms with van der Waals surface area (Å²) in [5, 5.41) is 2.04. The number of rotatable bonds is 4. The number of alkyl halides is 2. The van der Waals surface area contributed by atoms with Crippen molar-refractivity contribution in [1.29, 1.82) is 0 Å². The van der Waals surface area contributed by atoms with Crippen LogP contribution in [0.1, 0.15) is 13.3 Å². The molecule has 1 heterocycles. The maximum absolute atomic E-state index is 11.7. The van der Waals surface area contributed by atoms with Crippen LogP contribution in [-0.4, -0.2) is 37.9 Å². The quantitative estimate of drug-likeness (QED) is 0.724. The van der Waals surface area contributed by atoms with Gasteiger partial charge in [0.25, 0.3) is 0 Å². The zero-order chi connectivity index (χ0) is 9.84. The predicted octanol–water partition coefficient (Wildman–Crippen LogP) is 1.07. The molecule has 0 spiro atoms. The van der Waals surface area contributed by atoms with Crippen LogP contribution in [0.3, 0.4) is 0 Å². The van der Waals surface area contributed by atoms with Crippen LogP contribution in [0.4, 0.5) is 8.78 Å². The highest BCUT2D eigenvalue weighted by Crippen LogP contribution is 2.21. The first-order valence-electron chi connectivity index (χ1n) is 4.47. The lowest BCUT2D eigenvalue weighted by molar-refractivity contribution is -0.137. The predicted molar refractivity (Wildman–Crippen MR) is 45.3 cm³/mol. The minimum Gasteiger partial charge on any atom is -0.323 e. The van der Waals surface area contributed by atoms with Crippen LogP contribution in [-0.2, 0) is 4.74 Å². The number of hydrogen-bond acceptors (Lipinski definition) is 3. The molecule has 3 nitrogen and oxygen atoms in total. The van der Waals surface area contributed by atoms with E-state index in [4.69, 9.17) is 0 Å². The molecule has 0 aromatic rings.